The van der Waals surface area contributed by atoms with Gasteiger partial charge in [-0.05, 0) is 18.2 Å². The van der Waals surface area contributed by atoms with E-state index >= 15 is 0 Å². The van der Waals surface area contributed by atoms with Crippen LogP contribution in [0.25, 0.3) is 11.3 Å². The first-order valence-corrected chi connectivity index (χ1v) is 6.97. The third-order valence-corrected chi connectivity index (χ3v) is 3.43. The number of nitrogens with one attached hydrogen (secondary N) is 3. The highest BCUT2D eigenvalue weighted by Crippen LogP contribution is 2.22. The summed E-state index contributed by atoms with van der Waals surface area (Å²) >= 11 is 0. The van der Waals surface area contributed by atoms with E-state index in [2.05, 4.69) is 15.5 Å². The minimum absolute atomic E-state index is 0.0500. The fourth-order valence-corrected chi connectivity index (χ4v) is 2.24. The Morgan fingerprint density at radius 3 is 2.58 bits per heavy atom. The number of hydrogen-bond acceptors (Lipinski definition) is 3. The second-order valence-electron chi connectivity index (χ2n) is 4.96. The number of H-pyrrole nitrogens is 2. The van der Waals surface area contributed by atoms with Gasteiger partial charge in [-0.1, -0.05) is 30.3 Å². The van der Waals surface area contributed by atoms with Crippen molar-refractivity contribution < 1.29 is 9.18 Å². The Kier molecular flexibility index (Phi) is 3.95. The quantitative estimate of drug-likeness (QED) is 0.691. The van der Waals surface area contributed by atoms with E-state index in [4.69, 9.17) is 5.26 Å². The summed E-state index contributed by atoms with van der Waals surface area (Å²) in [5, 5.41) is 16.5. The zero-order chi connectivity index (χ0) is 17.1. The number of carbonyl (C=O) groups is 1. The normalized spacial score (nSPS) is 10.2. The van der Waals surface area contributed by atoms with Crippen LogP contribution in [0.5, 0.6) is 0 Å². The van der Waals surface area contributed by atoms with Crippen LogP contribution in [0.3, 0.4) is 0 Å². The highest BCUT2D eigenvalue weighted by atomic mass is 19.1. The molecule has 0 aliphatic rings. The van der Waals surface area contributed by atoms with Crippen molar-refractivity contribution in [3.63, 3.8) is 0 Å². The Hall–Kier alpha value is -3.66. The monoisotopic (exact) mass is 322 g/mol. The molecule has 0 spiro atoms. The lowest BCUT2D eigenvalue weighted by Gasteiger charge is -2.06. The topological polar surface area (TPSA) is 102 Å². The molecule has 0 bridgehead atoms. The largest absolute Gasteiger partial charge is 0.316 e. The number of rotatable bonds is 3. The Bertz CT molecular complexity index is 999. The van der Waals surface area contributed by atoms with E-state index in [0.29, 0.717) is 11.3 Å². The lowest BCUT2D eigenvalue weighted by Crippen LogP contribution is -2.17. The van der Waals surface area contributed by atoms with Crippen molar-refractivity contribution >= 4 is 11.6 Å². The molecule has 3 N–H and O–H groups in total. The van der Waals surface area contributed by atoms with E-state index in [1.54, 1.807) is 30.3 Å². The number of nitrogens with zero attached hydrogens (tertiary/aromatic N) is 1. The molecule has 3 rings (SSSR count). The smallest absolute Gasteiger partial charge is 0.288 e. The second-order valence-corrected chi connectivity index (χ2v) is 4.96. The summed E-state index contributed by atoms with van der Waals surface area (Å²) in [6.07, 6.45) is 0. The van der Waals surface area contributed by atoms with Crippen molar-refractivity contribution in [2.24, 2.45) is 0 Å². The number of aromatic nitrogens is 2. The Balaban J connectivity index is 1.95. The number of nitriles is 1. The average molecular weight is 322 g/mol. The molecule has 0 fully saturated rings. The number of benzene rings is 2. The Morgan fingerprint density at radius 2 is 1.88 bits per heavy atom. The summed E-state index contributed by atoms with van der Waals surface area (Å²) in [5.41, 5.74) is 0.528. The molecule has 6 nitrogen and oxygen atoms in total. The van der Waals surface area contributed by atoms with Crippen LogP contribution in [0.1, 0.15) is 15.9 Å². The van der Waals surface area contributed by atoms with Gasteiger partial charge in [0.2, 0.25) is 0 Å². The van der Waals surface area contributed by atoms with Gasteiger partial charge < -0.3 is 5.32 Å². The molecule has 0 atom stereocenters. The van der Waals surface area contributed by atoms with E-state index in [0.717, 1.165) is 12.1 Å². The van der Waals surface area contributed by atoms with Crippen molar-refractivity contribution in [3.8, 4) is 17.3 Å². The number of amides is 1. The summed E-state index contributed by atoms with van der Waals surface area (Å²) < 4.78 is 13.3. The minimum atomic E-state index is -0.710. The SMILES string of the molecule is N#Cc1cc(C(=O)Nc2c(-c3ccccc3)[nH][nH]c2=O)ccc1F. The van der Waals surface area contributed by atoms with Crippen LogP contribution in [0.15, 0.2) is 53.3 Å². The third-order valence-electron chi connectivity index (χ3n) is 3.43. The summed E-state index contributed by atoms with van der Waals surface area (Å²) in [5.74, 6) is -1.33. The zero-order valence-corrected chi connectivity index (χ0v) is 12.3. The predicted molar refractivity (Wildman–Crippen MR) is 85.9 cm³/mol. The summed E-state index contributed by atoms with van der Waals surface area (Å²) in [7, 11) is 0. The van der Waals surface area contributed by atoms with Gasteiger partial charge >= 0.3 is 0 Å². The summed E-state index contributed by atoms with van der Waals surface area (Å²) in [6.45, 7) is 0. The van der Waals surface area contributed by atoms with Crippen molar-refractivity contribution in [2.45, 2.75) is 0 Å². The first-order valence-electron chi connectivity index (χ1n) is 6.97. The maximum atomic E-state index is 13.3. The Morgan fingerprint density at radius 1 is 1.12 bits per heavy atom. The molecule has 0 unspecified atom stereocenters. The molecule has 3 aromatic rings. The number of aromatic amines is 2. The van der Waals surface area contributed by atoms with Gasteiger partial charge in [0.25, 0.3) is 11.5 Å². The van der Waals surface area contributed by atoms with Crippen LogP contribution >= 0.6 is 0 Å². The molecule has 0 saturated carbocycles. The van der Waals surface area contributed by atoms with E-state index in [9.17, 15) is 14.0 Å². The fourth-order valence-electron chi connectivity index (χ4n) is 2.24. The lowest BCUT2D eigenvalue weighted by atomic mass is 10.1. The van der Waals surface area contributed by atoms with Crippen molar-refractivity contribution in [3.05, 3.63) is 75.8 Å². The van der Waals surface area contributed by atoms with Gasteiger partial charge in [0.1, 0.15) is 17.6 Å². The molecule has 0 saturated heterocycles. The number of halogens is 1. The third kappa shape index (κ3) is 2.80. The molecule has 0 aliphatic carbocycles. The predicted octanol–water partition coefficient (Wildman–Crippen LogP) is 2.63. The summed E-state index contributed by atoms with van der Waals surface area (Å²) in [4.78, 5) is 24.3. The van der Waals surface area contributed by atoms with Gasteiger partial charge in [-0.25, -0.2) is 4.39 Å². The van der Waals surface area contributed by atoms with E-state index in [-0.39, 0.29) is 16.8 Å². The lowest BCUT2D eigenvalue weighted by molar-refractivity contribution is 0.102. The molecule has 1 heterocycles. The van der Waals surface area contributed by atoms with E-state index < -0.39 is 17.3 Å². The van der Waals surface area contributed by atoms with Gasteiger partial charge in [-0.3, -0.25) is 19.8 Å². The van der Waals surface area contributed by atoms with Crippen molar-refractivity contribution in [2.75, 3.05) is 5.32 Å². The molecule has 2 aromatic carbocycles. The van der Waals surface area contributed by atoms with Crippen LogP contribution in [0, 0.1) is 17.1 Å². The Labute approximate surface area is 135 Å². The van der Waals surface area contributed by atoms with Crippen molar-refractivity contribution in [1.82, 2.24) is 10.2 Å². The average Bonchev–Trinajstić information content (AvgIpc) is 2.96. The molecular weight excluding hydrogens is 311 g/mol. The maximum absolute atomic E-state index is 13.3. The fraction of sp³-hybridized carbons (Fsp3) is 0. The van der Waals surface area contributed by atoms with Crippen LogP contribution in [0.2, 0.25) is 0 Å². The minimum Gasteiger partial charge on any atom is -0.316 e. The first-order chi connectivity index (χ1) is 11.6. The second kappa shape index (κ2) is 6.22. The highest BCUT2D eigenvalue weighted by Gasteiger charge is 2.16. The first kappa shape index (κ1) is 15.2. The van der Waals surface area contributed by atoms with Gasteiger partial charge in [0.05, 0.1) is 11.3 Å². The number of anilines is 1. The standard InChI is InChI=1S/C17H11FN4O2/c18-13-7-6-11(8-12(13)9-19)16(23)20-15-14(21-22-17(15)24)10-4-2-1-3-5-10/h1-8H,(H,20,23)(H2,21,22,24). The molecule has 7 heteroatoms. The number of hydrogen-bond donors (Lipinski definition) is 3. The van der Waals surface area contributed by atoms with Gasteiger partial charge in [0.15, 0.2) is 0 Å². The summed E-state index contributed by atoms with van der Waals surface area (Å²) in [6, 6.07) is 14.1. The van der Waals surface area contributed by atoms with Crippen LogP contribution in [-0.2, 0) is 0 Å². The van der Waals surface area contributed by atoms with Gasteiger partial charge in [-0.2, -0.15) is 5.26 Å². The molecule has 24 heavy (non-hydrogen) atoms. The van der Waals surface area contributed by atoms with E-state index in [1.807, 2.05) is 6.07 Å². The maximum Gasteiger partial charge on any atom is 0.288 e. The zero-order valence-electron chi connectivity index (χ0n) is 12.3. The van der Waals surface area contributed by atoms with Crippen molar-refractivity contribution in [1.29, 1.82) is 5.26 Å². The molecule has 0 radical (unpaired) electrons. The molecule has 1 aromatic heterocycles. The highest BCUT2D eigenvalue weighted by molar-refractivity contribution is 6.06. The van der Waals surface area contributed by atoms with Crippen LogP contribution in [0.4, 0.5) is 10.1 Å². The molecular formula is C17H11FN4O2. The van der Waals surface area contributed by atoms with Gasteiger partial charge in [-0.15, -0.1) is 0 Å². The van der Waals surface area contributed by atoms with Gasteiger partial charge in [0, 0.05) is 11.1 Å². The molecule has 118 valence electrons. The molecule has 1 amide bonds. The van der Waals surface area contributed by atoms with Crippen LogP contribution in [-0.4, -0.2) is 16.1 Å². The number of carbonyl (C=O) groups excluding carboxylic acids is 1. The molecule has 0 aliphatic heterocycles. The van der Waals surface area contributed by atoms with E-state index in [1.165, 1.54) is 6.07 Å². The van der Waals surface area contributed by atoms with Crippen LogP contribution < -0.4 is 10.9 Å².